The highest BCUT2D eigenvalue weighted by Crippen LogP contribution is 2.53. The Labute approximate surface area is 219 Å². The molecular weight excluding hydrogens is 472 g/mol. The second-order valence-electron chi connectivity index (χ2n) is 10.7. The van der Waals surface area contributed by atoms with E-state index in [2.05, 4.69) is 24.1 Å². The first-order valence-corrected chi connectivity index (χ1v) is 12.9. The van der Waals surface area contributed by atoms with E-state index in [9.17, 15) is 4.79 Å². The van der Waals surface area contributed by atoms with E-state index in [1.165, 1.54) is 35.5 Å². The van der Waals surface area contributed by atoms with Crippen molar-refractivity contribution in [3.8, 4) is 0 Å². The van der Waals surface area contributed by atoms with Crippen molar-refractivity contribution in [3.63, 3.8) is 0 Å². The van der Waals surface area contributed by atoms with Crippen LogP contribution in [0.25, 0.3) is 0 Å². The van der Waals surface area contributed by atoms with Crippen molar-refractivity contribution in [2.45, 2.75) is 39.5 Å². The molecule has 2 fully saturated rings. The van der Waals surface area contributed by atoms with Crippen molar-refractivity contribution >= 4 is 30.4 Å². The monoisotopic (exact) mass is 510 g/mol. The smallest absolute Gasteiger partial charge is 0.152 e. The summed E-state index contributed by atoms with van der Waals surface area (Å²) in [5.41, 5.74) is 5.28. The molecule has 2 aliphatic rings. The number of aromatic nitrogens is 1. The molecule has 1 aromatic carbocycles. The second-order valence-corrected chi connectivity index (χ2v) is 11.1. The lowest BCUT2D eigenvalue weighted by Crippen LogP contribution is -2.63. The number of halogens is 1. The van der Waals surface area contributed by atoms with Gasteiger partial charge in [-0.1, -0.05) is 24.6 Å². The Hall–Kier alpha value is -2.61. The lowest BCUT2D eigenvalue weighted by atomic mass is 9.56. The maximum Gasteiger partial charge on any atom is 0.152 e. The van der Waals surface area contributed by atoms with Gasteiger partial charge in [-0.15, -0.1) is 0 Å². The number of benzene rings is 1. The molecule has 7 nitrogen and oxygen atoms in total. The summed E-state index contributed by atoms with van der Waals surface area (Å²) < 4.78 is 1.53. The third-order valence-corrected chi connectivity index (χ3v) is 7.69. The molecule has 4 N–H and O–H groups in total. The van der Waals surface area contributed by atoms with Gasteiger partial charge in [-0.2, -0.15) is 0 Å². The second kappa shape index (κ2) is 12.1. The van der Waals surface area contributed by atoms with Crippen LogP contribution < -0.4 is 10.8 Å². The maximum absolute atomic E-state index is 11.4. The summed E-state index contributed by atoms with van der Waals surface area (Å²) in [5.74, 6) is 1.12. The van der Waals surface area contributed by atoms with Crippen LogP contribution in [0.2, 0.25) is 5.02 Å². The fourth-order valence-electron chi connectivity index (χ4n) is 5.96. The van der Waals surface area contributed by atoms with Gasteiger partial charge in [0, 0.05) is 43.2 Å². The Morgan fingerprint density at radius 2 is 1.86 bits per heavy atom. The summed E-state index contributed by atoms with van der Waals surface area (Å²) in [6.07, 6.45) is 9.32. The summed E-state index contributed by atoms with van der Waals surface area (Å²) in [7, 11) is 3.75. The standard InChI is InChI=1S/C26H32ClN5O.C2H7N/c1-17(5-21-7-25(30)32(16-29)12-18(21)2)11-31-14-26(15-31)8-19(9-26)6-20-3-4-24(27)23(13-33)22(20)10-28;1-3-2/h3-4,7,10,12-13,16-17,19,28-30H,5-6,8-9,11,14-15H2,1-2H3;3H,1-2H3. The van der Waals surface area contributed by atoms with Crippen molar-refractivity contribution in [1.29, 1.82) is 16.2 Å². The average Bonchev–Trinajstić information content (AvgIpc) is 2.79. The molecule has 1 saturated heterocycles. The molecule has 36 heavy (non-hydrogen) atoms. The van der Waals surface area contributed by atoms with Gasteiger partial charge in [0.15, 0.2) is 6.29 Å². The van der Waals surface area contributed by atoms with E-state index in [0.717, 1.165) is 49.9 Å². The lowest BCUT2D eigenvalue weighted by molar-refractivity contribution is -0.0980. The van der Waals surface area contributed by atoms with Gasteiger partial charge in [-0.05, 0) is 92.8 Å². The van der Waals surface area contributed by atoms with Crippen LogP contribution in [0.3, 0.4) is 0 Å². The van der Waals surface area contributed by atoms with Gasteiger partial charge in [0.1, 0.15) is 5.49 Å². The Kier molecular flexibility index (Phi) is 9.39. The molecule has 1 spiro atoms. The molecule has 2 aromatic rings. The summed E-state index contributed by atoms with van der Waals surface area (Å²) >= 11 is 6.12. The van der Waals surface area contributed by atoms with Gasteiger partial charge in [0.05, 0.1) is 11.4 Å². The zero-order valence-corrected chi connectivity index (χ0v) is 22.6. The normalized spacial score (nSPS) is 17.4. The number of carbonyl (C=O) groups is 1. The Morgan fingerprint density at radius 3 is 2.44 bits per heavy atom. The highest BCUT2D eigenvalue weighted by molar-refractivity contribution is 6.33. The minimum atomic E-state index is 0.355. The molecule has 1 saturated carbocycles. The van der Waals surface area contributed by atoms with Crippen LogP contribution in [-0.4, -0.2) is 62.0 Å². The summed E-state index contributed by atoms with van der Waals surface area (Å²) in [6, 6.07) is 5.63. The largest absolute Gasteiger partial charge is 0.323 e. The van der Waals surface area contributed by atoms with Crippen LogP contribution in [0.4, 0.5) is 0 Å². The highest BCUT2D eigenvalue weighted by atomic mass is 35.5. The van der Waals surface area contributed by atoms with Gasteiger partial charge in [0.25, 0.3) is 0 Å². The third kappa shape index (κ3) is 6.20. The molecule has 2 heterocycles. The van der Waals surface area contributed by atoms with Crippen molar-refractivity contribution in [2.75, 3.05) is 33.7 Å². The third-order valence-electron chi connectivity index (χ3n) is 7.36. The predicted molar refractivity (Wildman–Crippen MR) is 147 cm³/mol. The Morgan fingerprint density at radius 1 is 1.19 bits per heavy atom. The topological polar surface area (TPSA) is 109 Å². The van der Waals surface area contributed by atoms with Crippen LogP contribution >= 0.6 is 11.6 Å². The summed E-state index contributed by atoms with van der Waals surface area (Å²) in [4.78, 5) is 13.9. The minimum absolute atomic E-state index is 0.355. The number of hydrogen-bond acceptors (Lipinski definition) is 6. The van der Waals surface area contributed by atoms with Crippen molar-refractivity contribution in [3.05, 3.63) is 62.7 Å². The number of nitrogens with zero attached hydrogens (tertiary/aromatic N) is 2. The highest BCUT2D eigenvalue weighted by Gasteiger charge is 2.51. The Bertz CT molecular complexity index is 1160. The first-order chi connectivity index (χ1) is 17.2. The van der Waals surface area contributed by atoms with E-state index >= 15 is 0 Å². The molecular formula is C28H39ClN6O. The van der Waals surface area contributed by atoms with E-state index < -0.39 is 0 Å². The van der Waals surface area contributed by atoms with E-state index in [-0.39, 0.29) is 0 Å². The van der Waals surface area contributed by atoms with Gasteiger partial charge in [0.2, 0.25) is 0 Å². The van der Waals surface area contributed by atoms with Gasteiger partial charge in [-0.25, -0.2) is 0 Å². The molecule has 1 aliphatic carbocycles. The number of aryl methyl sites for hydroxylation is 1. The number of likely N-dealkylation sites (tertiary alicyclic amines) is 1. The van der Waals surface area contributed by atoms with Crippen LogP contribution in [0.5, 0.6) is 0 Å². The molecule has 1 aliphatic heterocycles. The van der Waals surface area contributed by atoms with Crippen LogP contribution in [0.15, 0.2) is 24.4 Å². The molecule has 0 radical (unpaired) electrons. The SMILES string of the molecule is CNC.Cc1cn(C=N)c(=N)cc1CC(C)CN1CC2(CC(Cc3ccc(Cl)c(C=O)c3C=N)C2)C1. The van der Waals surface area contributed by atoms with E-state index in [0.29, 0.717) is 38.9 Å². The Balaban J connectivity index is 0.00000115. The summed E-state index contributed by atoms with van der Waals surface area (Å²) in [6.45, 7) is 7.70. The van der Waals surface area contributed by atoms with E-state index in [4.69, 9.17) is 27.8 Å². The molecule has 8 heteroatoms. The van der Waals surface area contributed by atoms with Crippen LogP contribution in [0.1, 0.15) is 52.4 Å². The van der Waals surface area contributed by atoms with Crippen molar-refractivity contribution < 1.29 is 4.79 Å². The van der Waals surface area contributed by atoms with Crippen molar-refractivity contribution in [2.24, 2.45) is 17.3 Å². The van der Waals surface area contributed by atoms with Gasteiger partial charge in [-0.3, -0.25) is 20.2 Å². The maximum atomic E-state index is 11.4. The fourth-order valence-corrected chi connectivity index (χ4v) is 6.16. The van der Waals surface area contributed by atoms with E-state index in [1.54, 1.807) is 6.07 Å². The quantitative estimate of drug-likeness (QED) is 0.231. The summed E-state index contributed by atoms with van der Waals surface area (Å²) in [5, 5.41) is 26.3. The minimum Gasteiger partial charge on any atom is -0.323 e. The fraction of sp³-hybridized carbons (Fsp3) is 0.500. The average molecular weight is 511 g/mol. The van der Waals surface area contributed by atoms with Crippen molar-refractivity contribution in [1.82, 2.24) is 14.8 Å². The zero-order chi connectivity index (χ0) is 26.5. The lowest BCUT2D eigenvalue weighted by Gasteiger charge is -2.60. The zero-order valence-electron chi connectivity index (χ0n) is 21.8. The van der Waals surface area contributed by atoms with Crippen LogP contribution in [0, 0.1) is 40.4 Å². The number of aldehydes is 1. The molecule has 1 atom stereocenters. The molecule has 1 aromatic heterocycles. The number of rotatable bonds is 9. The van der Waals surface area contributed by atoms with E-state index in [1.807, 2.05) is 32.4 Å². The molecule has 4 rings (SSSR count). The van der Waals surface area contributed by atoms with Gasteiger partial charge >= 0.3 is 0 Å². The molecule has 0 bridgehead atoms. The first-order valence-electron chi connectivity index (χ1n) is 12.5. The number of pyridine rings is 1. The first kappa shape index (κ1) is 28.0. The number of carbonyl (C=O) groups excluding carboxylic acids is 1. The van der Waals surface area contributed by atoms with Crippen LogP contribution in [-0.2, 0) is 12.8 Å². The number of hydrogen-bond donors (Lipinski definition) is 4. The predicted octanol–water partition coefficient (Wildman–Crippen LogP) is 4.16. The molecule has 0 amide bonds. The molecule has 1 unspecified atom stereocenters. The number of nitrogens with one attached hydrogen (secondary N) is 4. The molecule has 194 valence electrons. The van der Waals surface area contributed by atoms with Gasteiger partial charge < -0.3 is 15.6 Å².